The third-order valence-electron chi connectivity index (χ3n) is 7.19. The lowest BCUT2D eigenvalue weighted by atomic mass is 10.0. The zero-order valence-electron chi connectivity index (χ0n) is 22.2. The number of Topliss-reactive ketones (excluding diaryl/α,β-unsaturated/α-hetero) is 1. The first-order chi connectivity index (χ1) is 18.6. The first kappa shape index (κ1) is 26.6. The molecule has 204 valence electrons. The van der Waals surface area contributed by atoms with Crippen molar-refractivity contribution in [2.75, 3.05) is 29.4 Å². The largest absolute Gasteiger partial charge is 0.573 e. The summed E-state index contributed by atoms with van der Waals surface area (Å²) in [7, 11) is 0. The van der Waals surface area contributed by atoms with Gasteiger partial charge in [-0.1, -0.05) is 12.1 Å². The topological polar surface area (TPSA) is 50.1 Å². The Hall–Kier alpha value is -4.01. The average Bonchev–Trinajstić information content (AvgIpc) is 3.22. The second kappa shape index (κ2) is 10.6. The summed E-state index contributed by atoms with van der Waals surface area (Å²) in [5.74, 6) is -0.140. The van der Waals surface area contributed by atoms with E-state index in [1.165, 1.54) is 12.1 Å². The molecule has 0 spiro atoms. The Bertz CT molecular complexity index is 1460. The number of anilines is 2. The number of fused-ring (bicyclic) bond motifs is 1. The van der Waals surface area contributed by atoms with Crippen molar-refractivity contribution in [3.05, 3.63) is 89.4 Å². The highest BCUT2D eigenvalue weighted by Gasteiger charge is 2.31. The van der Waals surface area contributed by atoms with Crippen molar-refractivity contribution in [3.8, 4) is 5.75 Å². The Labute approximate surface area is 225 Å². The van der Waals surface area contributed by atoms with Crippen LogP contribution in [0.5, 0.6) is 5.75 Å². The second-order valence-corrected chi connectivity index (χ2v) is 10.1. The monoisotopic (exact) mass is 536 g/mol. The van der Waals surface area contributed by atoms with Crippen molar-refractivity contribution in [3.63, 3.8) is 0 Å². The molecule has 5 rings (SSSR count). The van der Waals surface area contributed by atoms with E-state index in [1.807, 2.05) is 36.6 Å². The maximum absolute atomic E-state index is 13.0. The fourth-order valence-corrected chi connectivity index (χ4v) is 5.26. The fraction of sp³-hybridized carbons (Fsp3) is 0.333. The van der Waals surface area contributed by atoms with E-state index in [-0.39, 0.29) is 17.6 Å². The Morgan fingerprint density at radius 1 is 1.00 bits per heavy atom. The zero-order valence-corrected chi connectivity index (χ0v) is 22.2. The fourth-order valence-electron chi connectivity index (χ4n) is 5.26. The molecule has 39 heavy (non-hydrogen) atoms. The SMILES string of the molecule is Cc1ccn2c(C(=O)CCc3ccc(N4CCN(c5ccc(OC(F)(F)F)cc5)[C@@H](C)C4)cc3)c(C)nc2c1. The lowest BCUT2D eigenvalue weighted by molar-refractivity contribution is -0.274. The van der Waals surface area contributed by atoms with Gasteiger partial charge in [-0.3, -0.25) is 9.20 Å². The van der Waals surface area contributed by atoms with Crippen LogP contribution in [0.25, 0.3) is 5.65 Å². The number of hydrogen-bond donors (Lipinski definition) is 0. The van der Waals surface area contributed by atoms with Gasteiger partial charge in [-0.05, 0) is 86.8 Å². The van der Waals surface area contributed by atoms with E-state index in [4.69, 9.17) is 0 Å². The van der Waals surface area contributed by atoms with Crippen LogP contribution in [0.3, 0.4) is 0 Å². The summed E-state index contributed by atoms with van der Waals surface area (Å²) in [6.07, 6.45) is -1.73. The number of ketones is 1. The minimum absolute atomic E-state index is 0.0795. The van der Waals surface area contributed by atoms with Crippen LogP contribution in [0.15, 0.2) is 66.9 Å². The Morgan fingerprint density at radius 3 is 2.36 bits per heavy atom. The highest BCUT2D eigenvalue weighted by molar-refractivity contribution is 5.96. The minimum Gasteiger partial charge on any atom is -0.406 e. The molecule has 1 atom stereocenters. The molecule has 3 heterocycles. The lowest BCUT2D eigenvalue weighted by Crippen LogP contribution is -2.52. The first-order valence-electron chi connectivity index (χ1n) is 13.0. The van der Waals surface area contributed by atoms with Crippen molar-refractivity contribution < 1.29 is 22.7 Å². The van der Waals surface area contributed by atoms with Crippen LogP contribution in [0, 0.1) is 13.8 Å². The van der Waals surface area contributed by atoms with E-state index < -0.39 is 6.36 Å². The molecule has 0 bridgehead atoms. The van der Waals surface area contributed by atoms with Crippen LogP contribution >= 0.6 is 0 Å². The second-order valence-electron chi connectivity index (χ2n) is 10.1. The number of nitrogens with zero attached hydrogens (tertiary/aromatic N) is 4. The van der Waals surface area contributed by atoms with Crippen LogP contribution in [0.1, 0.15) is 40.7 Å². The third-order valence-corrected chi connectivity index (χ3v) is 7.19. The number of rotatable bonds is 7. The van der Waals surface area contributed by atoms with Crippen molar-refractivity contribution >= 4 is 22.8 Å². The van der Waals surface area contributed by atoms with Crippen LogP contribution in [-0.4, -0.2) is 47.2 Å². The van der Waals surface area contributed by atoms with E-state index in [0.29, 0.717) is 18.5 Å². The molecule has 2 aromatic heterocycles. The first-order valence-corrected chi connectivity index (χ1v) is 13.0. The molecule has 9 heteroatoms. The third kappa shape index (κ3) is 6.02. The maximum atomic E-state index is 13.0. The predicted molar refractivity (Wildman–Crippen MR) is 146 cm³/mol. The van der Waals surface area contributed by atoms with Gasteiger partial charge in [-0.2, -0.15) is 0 Å². The molecule has 2 aromatic carbocycles. The number of pyridine rings is 1. The number of carbonyl (C=O) groups is 1. The molecule has 1 fully saturated rings. The van der Waals surface area contributed by atoms with Gasteiger partial charge in [0.05, 0.1) is 5.69 Å². The molecular weight excluding hydrogens is 505 g/mol. The molecule has 6 nitrogen and oxygen atoms in total. The number of imidazole rings is 1. The Morgan fingerprint density at radius 2 is 1.69 bits per heavy atom. The van der Waals surface area contributed by atoms with E-state index in [0.717, 1.165) is 53.5 Å². The molecule has 0 aliphatic carbocycles. The van der Waals surface area contributed by atoms with Crippen LogP contribution in [0.2, 0.25) is 0 Å². The smallest absolute Gasteiger partial charge is 0.406 e. The molecule has 1 aliphatic heterocycles. The highest BCUT2D eigenvalue weighted by Crippen LogP contribution is 2.28. The number of hydrogen-bond acceptors (Lipinski definition) is 5. The van der Waals surface area contributed by atoms with Crippen molar-refractivity contribution in [1.82, 2.24) is 9.38 Å². The quantitative estimate of drug-likeness (QED) is 0.257. The van der Waals surface area contributed by atoms with Gasteiger partial charge in [-0.15, -0.1) is 13.2 Å². The van der Waals surface area contributed by atoms with Gasteiger partial charge in [0, 0.05) is 49.7 Å². The predicted octanol–water partition coefficient (Wildman–Crippen LogP) is 6.38. The number of alkyl halides is 3. The van der Waals surface area contributed by atoms with Crippen molar-refractivity contribution in [2.24, 2.45) is 0 Å². The van der Waals surface area contributed by atoms with Gasteiger partial charge in [0.25, 0.3) is 0 Å². The van der Waals surface area contributed by atoms with E-state index in [2.05, 4.69) is 50.7 Å². The molecular formula is C30H31F3N4O2. The van der Waals surface area contributed by atoms with E-state index >= 15 is 0 Å². The molecule has 0 amide bonds. The molecule has 0 radical (unpaired) electrons. The number of halogens is 3. The lowest BCUT2D eigenvalue weighted by Gasteiger charge is -2.42. The van der Waals surface area contributed by atoms with Gasteiger partial charge in [0.1, 0.15) is 17.1 Å². The number of aryl methyl sites for hydroxylation is 3. The van der Waals surface area contributed by atoms with Crippen molar-refractivity contribution in [2.45, 2.75) is 46.0 Å². The summed E-state index contributed by atoms with van der Waals surface area (Å²) in [6, 6.07) is 18.5. The summed E-state index contributed by atoms with van der Waals surface area (Å²) >= 11 is 0. The highest BCUT2D eigenvalue weighted by atomic mass is 19.4. The number of ether oxygens (including phenoxy) is 1. The van der Waals surface area contributed by atoms with Gasteiger partial charge < -0.3 is 14.5 Å². The van der Waals surface area contributed by atoms with Gasteiger partial charge in [-0.25, -0.2) is 4.98 Å². The number of carbonyl (C=O) groups excluding carboxylic acids is 1. The van der Waals surface area contributed by atoms with E-state index in [1.54, 1.807) is 12.1 Å². The normalized spacial score (nSPS) is 16.1. The Kier molecular flexibility index (Phi) is 7.25. The summed E-state index contributed by atoms with van der Waals surface area (Å²) in [5, 5.41) is 0. The molecule has 1 saturated heterocycles. The summed E-state index contributed by atoms with van der Waals surface area (Å²) in [4.78, 5) is 22.1. The maximum Gasteiger partial charge on any atom is 0.573 e. The standard InChI is InChI=1S/C30H31F3N4O2/c1-20-14-15-37-28(18-20)34-22(3)29(37)27(38)13-6-23-4-7-24(8-5-23)35-16-17-36(21(2)19-35)25-9-11-26(12-10-25)39-30(31,32)33/h4-5,7-12,14-15,18,21H,6,13,16-17,19H2,1-3H3/t21-/m0/s1. The van der Waals surface area contributed by atoms with Crippen LogP contribution < -0.4 is 14.5 Å². The summed E-state index contributed by atoms with van der Waals surface area (Å²) < 4.78 is 43.2. The zero-order chi connectivity index (χ0) is 27.7. The number of aromatic nitrogens is 2. The Balaban J connectivity index is 1.17. The molecule has 4 aromatic rings. The van der Waals surface area contributed by atoms with E-state index in [9.17, 15) is 18.0 Å². The van der Waals surface area contributed by atoms with Crippen LogP contribution in [-0.2, 0) is 6.42 Å². The van der Waals surface area contributed by atoms with Crippen LogP contribution in [0.4, 0.5) is 24.5 Å². The van der Waals surface area contributed by atoms with Gasteiger partial charge in [0.2, 0.25) is 0 Å². The number of piperazine rings is 1. The average molecular weight is 537 g/mol. The minimum atomic E-state index is -4.70. The molecule has 1 aliphatic rings. The molecule has 0 unspecified atom stereocenters. The number of benzene rings is 2. The van der Waals surface area contributed by atoms with Gasteiger partial charge >= 0.3 is 6.36 Å². The van der Waals surface area contributed by atoms with Crippen molar-refractivity contribution in [1.29, 1.82) is 0 Å². The summed E-state index contributed by atoms with van der Waals surface area (Å²) in [5.41, 5.74) is 6.38. The molecule has 0 N–H and O–H groups in total. The molecule has 0 saturated carbocycles. The summed E-state index contributed by atoms with van der Waals surface area (Å²) in [6.45, 7) is 8.31. The van der Waals surface area contributed by atoms with Gasteiger partial charge in [0.15, 0.2) is 5.78 Å².